The van der Waals surface area contributed by atoms with E-state index in [2.05, 4.69) is 5.32 Å². The number of anilines is 1. The summed E-state index contributed by atoms with van der Waals surface area (Å²) >= 11 is 0. The van der Waals surface area contributed by atoms with Crippen molar-refractivity contribution in [1.29, 1.82) is 0 Å². The van der Waals surface area contributed by atoms with Crippen molar-refractivity contribution in [2.75, 3.05) is 5.32 Å². The molecule has 1 aliphatic heterocycles. The normalized spacial score (nSPS) is 17.0. The van der Waals surface area contributed by atoms with E-state index in [0.29, 0.717) is 0 Å². The van der Waals surface area contributed by atoms with Crippen LogP contribution in [-0.4, -0.2) is 12.0 Å². The number of hydrogen-bond donors (Lipinski definition) is 2. The van der Waals surface area contributed by atoms with Crippen molar-refractivity contribution < 1.29 is 14.3 Å². The predicted molar refractivity (Wildman–Crippen MR) is 81.6 cm³/mol. The van der Waals surface area contributed by atoms with E-state index in [1.54, 1.807) is 0 Å². The lowest BCUT2D eigenvalue weighted by Gasteiger charge is -2.33. The summed E-state index contributed by atoms with van der Waals surface area (Å²) in [6.45, 7) is 7.66. The van der Waals surface area contributed by atoms with Gasteiger partial charge < -0.3 is 10.5 Å². The minimum atomic E-state index is -0.720. The van der Waals surface area contributed by atoms with Gasteiger partial charge in [0.25, 0.3) is 0 Å². The third kappa shape index (κ3) is 3.07. The zero-order valence-electron chi connectivity index (χ0n) is 12.7. The molecule has 112 valence electrons. The van der Waals surface area contributed by atoms with Gasteiger partial charge in [0.2, 0.25) is 5.91 Å². The number of primary amides is 1. The summed E-state index contributed by atoms with van der Waals surface area (Å²) in [5.74, 6) is -0.321. The summed E-state index contributed by atoms with van der Waals surface area (Å²) in [6.07, 6.45) is 0.985. The van der Waals surface area contributed by atoms with Crippen molar-refractivity contribution in [2.45, 2.75) is 33.3 Å². The van der Waals surface area contributed by atoms with E-state index in [0.717, 1.165) is 22.4 Å². The number of allylic oxidation sites excluding steroid dienone is 1. The topological polar surface area (TPSA) is 81.4 Å². The third-order valence-corrected chi connectivity index (χ3v) is 3.51. The molecule has 0 bridgehead atoms. The number of nitrogens with one attached hydrogen (secondary N) is 1. The molecule has 2 amide bonds. The van der Waals surface area contributed by atoms with Crippen LogP contribution in [0, 0.1) is 5.92 Å². The van der Waals surface area contributed by atoms with Crippen LogP contribution in [0.1, 0.15) is 38.8 Å². The fourth-order valence-electron chi connectivity index (χ4n) is 2.49. The highest BCUT2D eigenvalue weighted by atomic mass is 16.6. The largest absolute Gasteiger partial charge is 0.438 e. The van der Waals surface area contributed by atoms with E-state index in [4.69, 9.17) is 10.5 Å². The van der Waals surface area contributed by atoms with Crippen molar-refractivity contribution in [1.82, 2.24) is 0 Å². The number of carbonyl (C=O) groups excluding carboxylic acids is 2. The van der Waals surface area contributed by atoms with E-state index < -0.39 is 17.6 Å². The Kier molecular flexibility index (Phi) is 3.77. The first kappa shape index (κ1) is 15.1. The zero-order chi connectivity index (χ0) is 15.8. The Morgan fingerprint density at radius 2 is 2.05 bits per heavy atom. The molecule has 0 atom stereocenters. The molecular weight excluding hydrogens is 268 g/mol. The molecule has 0 radical (unpaired) electrons. The number of ether oxygens (including phenoxy) is 1. The second-order valence-corrected chi connectivity index (χ2v) is 5.94. The van der Waals surface area contributed by atoms with Gasteiger partial charge in [-0.1, -0.05) is 19.9 Å². The number of amides is 2. The van der Waals surface area contributed by atoms with Crippen LogP contribution < -0.4 is 11.1 Å². The first-order valence-corrected chi connectivity index (χ1v) is 6.86. The molecule has 0 fully saturated rings. The molecule has 21 heavy (non-hydrogen) atoms. The van der Waals surface area contributed by atoms with Gasteiger partial charge in [0, 0.05) is 11.6 Å². The zero-order valence-corrected chi connectivity index (χ0v) is 12.7. The average molecular weight is 288 g/mol. The van der Waals surface area contributed by atoms with Crippen molar-refractivity contribution in [3.05, 3.63) is 35.4 Å². The molecular formula is C16H20N2O3. The van der Waals surface area contributed by atoms with E-state index in [1.807, 2.05) is 45.9 Å². The van der Waals surface area contributed by atoms with Gasteiger partial charge in [0.15, 0.2) is 0 Å². The van der Waals surface area contributed by atoms with Crippen LogP contribution in [0.5, 0.6) is 0 Å². The maximum atomic E-state index is 11.5. The smallest absolute Gasteiger partial charge is 0.412 e. The monoisotopic (exact) mass is 288 g/mol. The molecule has 1 heterocycles. The molecule has 0 unspecified atom stereocenters. The fraction of sp³-hybridized carbons (Fsp3) is 0.375. The van der Waals surface area contributed by atoms with Crippen LogP contribution in [-0.2, 0) is 15.1 Å². The van der Waals surface area contributed by atoms with Crippen LogP contribution >= 0.6 is 0 Å². The summed E-state index contributed by atoms with van der Waals surface area (Å²) in [5.41, 5.74) is 7.91. The summed E-state index contributed by atoms with van der Waals surface area (Å²) in [5, 5.41) is 2.68. The Balaban J connectivity index is 2.55. The first-order chi connectivity index (χ1) is 9.70. The number of cyclic esters (lactones) is 1. The molecule has 0 saturated carbocycles. The third-order valence-electron chi connectivity index (χ3n) is 3.51. The lowest BCUT2D eigenvalue weighted by atomic mass is 9.88. The molecule has 1 aromatic rings. The summed E-state index contributed by atoms with van der Waals surface area (Å²) in [4.78, 5) is 22.7. The van der Waals surface area contributed by atoms with Gasteiger partial charge in [-0.3, -0.25) is 10.1 Å². The minimum Gasteiger partial charge on any atom is -0.438 e. The Morgan fingerprint density at radius 1 is 1.38 bits per heavy atom. The highest BCUT2D eigenvalue weighted by molar-refractivity contribution is 5.95. The second-order valence-electron chi connectivity index (χ2n) is 5.94. The molecule has 5 heteroatoms. The molecule has 0 saturated heterocycles. The number of carbonyl (C=O) groups is 2. The molecule has 0 aliphatic carbocycles. The first-order valence-electron chi connectivity index (χ1n) is 6.86. The predicted octanol–water partition coefficient (Wildman–Crippen LogP) is 3.01. The Labute approximate surface area is 124 Å². The Hall–Kier alpha value is -2.30. The molecule has 0 aromatic heterocycles. The van der Waals surface area contributed by atoms with Crippen LogP contribution in [0.4, 0.5) is 10.5 Å². The molecule has 3 N–H and O–H groups in total. The number of rotatable bonds is 3. The highest BCUT2D eigenvalue weighted by Crippen LogP contribution is 2.38. The van der Waals surface area contributed by atoms with Gasteiger partial charge in [-0.2, -0.15) is 0 Å². The molecule has 0 spiro atoms. The van der Waals surface area contributed by atoms with Crippen LogP contribution in [0.15, 0.2) is 24.3 Å². The van der Waals surface area contributed by atoms with Gasteiger partial charge in [-0.05, 0) is 43.0 Å². The summed E-state index contributed by atoms with van der Waals surface area (Å²) in [6, 6.07) is 5.63. The van der Waals surface area contributed by atoms with Gasteiger partial charge in [0.05, 0.1) is 5.69 Å². The molecule has 2 rings (SSSR count). The number of nitrogens with two attached hydrogens (primary N) is 1. The van der Waals surface area contributed by atoms with Crippen molar-refractivity contribution in [2.24, 2.45) is 11.7 Å². The van der Waals surface area contributed by atoms with Gasteiger partial charge in [-0.25, -0.2) is 4.79 Å². The number of hydrogen-bond acceptors (Lipinski definition) is 3. The maximum Gasteiger partial charge on any atom is 0.412 e. The summed E-state index contributed by atoms with van der Waals surface area (Å²) in [7, 11) is 0. The maximum absolute atomic E-state index is 11.5. The lowest BCUT2D eigenvalue weighted by molar-refractivity contribution is -0.113. The Bertz CT molecular complexity index is 630. The number of fused-ring (bicyclic) bond motifs is 1. The van der Waals surface area contributed by atoms with E-state index in [1.165, 1.54) is 6.08 Å². The van der Waals surface area contributed by atoms with E-state index >= 15 is 0 Å². The minimum absolute atomic E-state index is 0.151. The lowest BCUT2D eigenvalue weighted by Crippen LogP contribution is -2.34. The standard InChI is InChI=1S/C16H20N2O3/c1-9(2)11(8-14(17)19)10-5-6-13-12(7-10)16(3,4)21-15(20)18-13/h5-9H,1-4H3,(H2,17,19)(H,18,20)/b11-8+. The SMILES string of the molecule is CC(C)/C(=C\C(N)=O)c1ccc2c(c1)C(C)(C)OC(=O)N2. The van der Waals surface area contributed by atoms with Gasteiger partial charge in [0.1, 0.15) is 5.60 Å². The second kappa shape index (κ2) is 5.24. The summed E-state index contributed by atoms with van der Waals surface area (Å²) < 4.78 is 5.32. The van der Waals surface area contributed by atoms with Gasteiger partial charge in [-0.15, -0.1) is 0 Å². The van der Waals surface area contributed by atoms with Gasteiger partial charge >= 0.3 is 6.09 Å². The van der Waals surface area contributed by atoms with Crippen LogP contribution in [0.25, 0.3) is 5.57 Å². The number of benzene rings is 1. The average Bonchev–Trinajstić information content (AvgIpc) is 2.34. The van der Waals surface area contributed by atoms with E-state index in [-0.39, 0.29) is 5.92 Å². The molecule has 1 aliphatic rings. The van der Waals surface area contributed by atoms with Crippen molar-refractivity contribution in [3.63, 3.8) is 0 Å². The van der Waals surface area contributed by atoms with Crippen molar-refractivity contribution in [3.8, 4) is 0 Å². The van der Waals surface area contributed by atoms with E-state index in [9.17, 15) is 9.59 Å². The van der Waals surface area contributed by atoms with Crippen LogP contribution in [0.2, 0.25) is 0 Å². The Morgan fingerprint density at radius 3 is 2.62 bits per heavy atom. The molecule has 1 aromatic carbocycles. The molecule has 5 nitrogen and oxygen atoms in total. The van der Waals surface area contributed by atoms with Crippen molar-refractivity contribution >= 4 is 23.3 Å². The van der Waals surface area contributed by atoms with Crippen LogP contribution in [0.3, 0.4) is 0 Å². The fourth-order valence-corrected chi connectivity index (χ4v) is 2.49. The quantitative estimate of drug-likeness (QED) is 0.839. The highest BCUT2D eigenvalue weighted by Gasteiger charge is 2.33.